The number of nitro benzene ring substituents is 1. The number of hydrogen-bond donors (Lipinski definition) is 1. The largest absolute Gasteiger partial charge is 0.376 e. The van der Waals surface area contributed by atoms with Crippen LogP contribution in [-0.4, -0.2) is 11.0 Å². The molecule has 0 radical (unpaired) electrons. The molecule has 4 nitrogen and oxygen atoms in total. The van der Waals surface area contributed by atoms with Crippen LogP contribution in [0.2, 0.25) is 5.02 Å². The molecule has 2 aromatic rings. The smallest absolute Gasteiger partial charge is 0.293 e. The van der Waals surface area contributed by atoms with Crippen LogP contribution in [0.15, 0.2) is 48.5 Å². The number of nitro groups is 1. The number of rotatable bonds is 6. The molecule has 2 rings (SSSR count). The van der Waals surface area contributed by atoms with Gasteiger partial charge in [-0.25, -0.2) is 0 Å². The summed E-state index contributed by atoms with van der Waals surface area (Å²) in [6.07, 6.45) is 1.69. The normalized spacial score (nSPS) is 11.9. The minimum atomic E-state index is -0.413. The summed E-state index contributed by atoms with van der Waals surface area (Å²) in [6, 6.07) is 14.9. The third kappa shape index (κ3) is 4.20. The van der Waals surface area contributed by atoms with E-state index in [0.717, 1.165) is 12.8 Å². The SMILES string of the molecule is CCC(Cc1ccccc1)Nc1ccc(Cl)cc1[N+](=O)[O-]. The van der Waals surface area contributed by atoms with E-state index >= 15 is 0 Å². The fraction of sp³-hybridized carbons (Fsp3) is 0.250. The summed E-state index contributed by atoms with van der Waals surface area (Å²) in [6.45, 7) is 2.06. The van der Waals surface area contributed by atoms with Crippen LogP contribution >= 0.6 is 11.6 Å². The molecule has 110 valence electrons. The van der Waals surface area contributed by atoms with Gasteiger partial charge in [0.1, 0.15) is 5.69 Å². The van der Waals surface area contributed by atoms with Gasteiger partial charge in [0, 0.05) is 17.1 Å². The molecule has 0 saturated heterocycles. The molecule has 0 heterocycles. The van der Waals surface area contributed by atoms with E-state index in [1.165, 1.54) is 11.6 Å². The van der Waals surface area contributed by atoms with Gasteiger partial charge in [-0.05, 0) is 30.5 Å². The minimum absolute atomic E-state index is 0.00834. The monoisotopic (exact) mass is 304 g/mol. The second kappa shape index (κ2) is 7.09. The number of benzene rings is 2. The predicted molar refractivity (Wildman–Crippen MR) is 86.0 cm³/mol. The molecule has 0 aliphatic carbocycles. The summed E-state index contributed by atoms with van der Waals surface area (Å²) in [7, 11) is 0. The lowest BCUT2D eigenvalue weighted by molar-refractivity contribution is -0.384. The minimum Gasteiger partial charge on any atom is -0.376 e. The van der Waals surface area contributed by atoms with Crippen LogP contribution in [0.3, 0.4) is 0 Å². The quantitative estimate of drug-likeness (QED) is 0.622. The molecule has 0 bridgehead atoms. The highest BCUT2D eigenvalue weighted by molar-refractivity contribution is 6.30. The number of nitrogens with one attached hydrogen (secondary N) is 1. The highest BCUT2D eigenvalue weighted by atomic mass is 35.5. The maximum atomic E-state index is 11.1. The summed E-state index contributed by atoms with van der Waals surface area (Å²) >= 11 is 5.83. The van der Waals surface area contributed by atoms with Crippen molar-refractivity contribution in [1.29, 1.82) is 0 Å². The second-order valence-corrected chi connectivity index (χ2v) is 5.29. The molecule has 2 aromatic carbocycles. The molecular weight excluding hydrogens is 288 g/mol. The van der Waals surface area contributed by atoms with E-state index in [2.05, 4.69) is 24.4 Å². The van der Waals surface area contributed by atoms with E-state index in [1.807, 2.05) is 18.2 Å². The average molecular weight is 305 g/mol. The van der Waals surface area contributed by atoms with Gasteiger partial charge in [0.05, 0.1) is 4.92 Å². The Balaban J connectivity index is 2.17. The Morgan fingerprint density at radius 2 is 1.95 bits per heavy atom. The van der Waals surface area contributed by atoms with Gasteiger partial charge in [0.15, 0.2) is 0 Å². The van der Waals surface area contributed by atoms with E-state index in [-0.39, 0.29) is 11.7 Å². The van der Waals surface area contributed by atoms with Crippen LogP contribution < -0.4 is 5.32 Å². The maximum absolute atomic E-state index is 11.1. The molecular formula is C16H17ClN2O2. The average Bonchev–Trinajstić information content (AvgIpc) is 2.49. The molecule has 0 aliphatic heterocycles. The molecule has 0 aromatic heterocycles. The third-order valence-corrected chi connectivity index (χ3v) is 3.57. The van der Waals surface area contributed by atoms with Gasteiger partial charge in [0.2, 0.25) is 0 Å². The van der Waals surface area contributed by atoms with Gasteiger partial charge in [-0.2, -0.15) is 0 Å². The summed E-state index contributed by atoms with van der Waals surface area (Å²) in [5, 5.41) is 14.7. The first-order chi connectivity index (χ1) is 10.1. The highest BCUT2D eigenvalue weighted by Gasteiger charge is 2.17. The van der Waals surface area contributed by atoms with Crippen LogP contribution in [0.25, 0.3) is 0 Å². The predicted octanol–water partition coefficient (Wildman–Crippen LogP) is 4.68. The summed E-state index contributed by atoms with van der Waals surface area (Å²) in [5.74, 6) is 0. The van der Waals surface area contributed by atoms with Gasteiger partial charge in [0.25, 0.3) is 5.69 Å². The Bertz CT molecular complexity index is 617. The van der Waals surface area contributed by atoms with E-state index in [0.29, 0.717) is 10.7 Å². The third-order valence-electron chi connectivity index (χ3n) is 3.33. The number of halogens is 1. The van der Waals surface area contributed by atoms with Crippen molar-refractivity contribution in [3.63, 3.8) is 0 Å². The maximum Gasteiger partial charge on any atom is 0.293 e. The zero-order valence-electron chi connectivity index (χ0n) is 11.8. The Hall–Kier alpha value is -2.07. The van der Waals surface area contributed by atoms with E-state index in [4.69, 9.17) is 11.6 Å². The molecule has 5 heteroatoms. The van der Waals surface area contributed by atoms with Gasteiger partial charge in [-0.3, -0.25) is 10.1 Å². The van der Waals surface area contributed by atoms with Crippen molar-refractivity contribution in [1.82, 2.24) is 0 Å². The number of nitrogens with zero attached hydrogens (tertiary/aromatic N) is 1. The van der Waals surface area contributed by atoms with Gasteiger partial charge >= 0.3 is 0 Å². The standard InChI is InChI=1S/C16H17ClN2O2/c1-2-14(10-12-6-4-3-5-7-12)18-15-9-8-13(17)11-16(15)19(20)21/h3-9,11,14,18H,2,10H2,1H3. The summed E-state index contributed by atoms with van der Waals surface area (Å²) in [4.78, 5) is 10.7. The highest BCUT2D eigenvalue weighted by Crippen LogP contribution is 2.29. The molecule has 0 fully saturated rings. The van der Waals surface area contributed by atoms with Crippen LogP contribution in [-0.2, 0) is 6.42 Å². The fourth-order valence-corrected chi connectivity index (χ4v) is 2.36. The topological polar surface area (TPSA) is 55.2 Å². The fourth-order valence-electron chi connectivity index (χ4n) is 2.19. The van der Waals surface area contributed by atoms with Gasteiger partial charge in [-0.15, -0.1) is 0 Å². The lowest BCUT2D eigenvalue weighted by Gasteiger charge is -2.18. The molecule has 1 unspecified atom stereocenters. The zero-order chi connectivity index (χ0) is 15.2. The molecule has 1 atom stereocenters. The molecule has 0 spiro atoms. The summed E-state index contributed by atoms with van der Waals surface area (Å²) in [5.41, 5.74) is 1.72. The first-order valence-corrected chi connectivity index (χ1v) is 7.22. The molecule has 0 aliphatic rings. The van der Waals surface area contributed by atoms with Crippen molar-refractivity contribution in [3.05, 3.63) is 69.2 Å². The van der Waals surface area contributed by atoms with Crippen molar-refractivity contribution >= 4 is 23.0 Å². The Morgan fingerprint density at radius 3 is 2.57 bits per heavy atom. The Kier molecular flexibility index (Phi) is 5.17. The Labute approximate surface area is 128 Å². The molecule has 0 amide bonds. The Morgan fingerprint density at radius 1 is 1.24 bits per heavy atom. The van der Waals surface area contributed by atoms with Crippen molar-refractivity contribution in [3.8, 4) is 0 Å². The van der Waals surface area contributed by atoms with Crippen LogP contribution in [0.5, 0.6) is 0 Å². The van der Waals surface area contributed by atoms with Crippen LogP contribution in [0.1, 0.15) is 18.9 Å². The van der Waals surface area contributed by atoms with E-state index in [1.54, 1.807) is 12.1 Å². The first-order valence-electron chi connectivity index (χ1n) is 6.84. The first kappa shape index (κ1) is 15.3. The van der Waals surface area contributed by atoms with Gasteiger partial charge in [-0.1, -0.05) is 48.9 Å². The van der Waals surface area contributed by atoms with Gasteiger partial charge < -0.3 is 5.32 Å². The van der Waals surface area contributed by atoms with E-state index < -0.39 is 4.92 Å². The second-order valence-electron chi connectivity index (χ2n) is 4.86. The van der Waals surface area contributed by atoms with Crippen molar-refractivity contribution in [2.24, 2.45) is 0 Å². The zero-order valence-corrected chi connectivity index (χ0v) is 12.5. The van der Waals surface area contributed by atoms with Crippen LogP contribution in [0.4, 0.5) is 11.4 Å². The van der Waals surface area contributed by atoms with E-state index in [9.17, 15) is 10.1 Å². The number of anilines is 1. The lowest BCUT2D eigenvalue weighted by Crippen LogP contribution is -2.21. The van der Waals surface area contributed by atoms with Crippen molar-refractivity contribution in [2.45, 2.75) is 25.8 Å². The van der Waals surface area contributed by atoms with Crippen LogP contribution in [0, 0.1) is 10.1 Å². The van der Waals surface area contributed by atoms with Crippen molar-refractivity contribution < 1.29 is 4.92 Å². The summed E-state index contributed by atoms with van der Waals surface area (Å²) < 4.78 is 0. The van der Waals surface area contributed by atoms with Crippen molar-refractivity contribution in [2.75, 3.05) is 5.32 Å². The lowest BCUT2D eigenvalue weighted by atomic mass is 10.0. The molecule has 1 N–H and O–H groups in total. The number of hydrogen-bond acceptors (Lipinski definition) is 3. The molecule has 0 saturated carbocycles. The molecule has 21 heavy (non-hydrogen) atoms.